The Morgan fingerprint density at radius 3 is 1.32 bits per heavy atom. The molecule has 0 spiro atoms. The molecule has 6 rings (SSSR count). The fourth-order valence-electron chi connectivity index (χ4n) is 6.21. The molecule has 0 atom stereocenters. The van der Waals surface area contributed by atoms with Crippen LogP contribution in [0.4, 0.5) is 0 Å². The van der Waals surface area contributed by atoms with Crippen molar-refractivity contribution in [2.24, 2.45) is 9.98 Å². The summed E-state index contributed by atoms with van der Waals surface area (Å²) < 4.78 is 40.1. The highest BCUT2D eigenvalue weighted by Crippen LogP contribution is 2.39. The Morgan fingerprint density at radius 2 is 0.851 bits per heavy atom. The minimum absolute atomic E-state index is 0.585. The van der Waals surface area contributed by atoms with E-state index in [9.17, 15) is 0 Å². The maximum absolute atomic E-state index is 6.46. The van der Waals surface area contributed by atoms with Crippen molar-refractivity contribution in [3.8, 4) is 46.0 Å². The topological polar surface area (TPSA) is 89.3 Å². The monoisotopic (exact) mass is 636 g/mol. The van der Waals surface area contributed by atoms with E-state index in [0.29, 0.717) is 47.3 Å². The first-order valence-electron chi connectivity index (χ1n) is 15.6. The van der Waals surface area contributed by atoms with E-state index in [1.165, 1.54) is 11.1 Å². The van der Waals surface area contributed by atoms with Gasteiger partial charge in [-0.2, -0.15) is 0 Å². The van der Waals surface area contributed by atoms with E-state index >= 15 is 0 Å². The number of fused-ring (bicyclic) bond motifs is 2. The van der Waals surface area contributed by atoms with E-state index in [1.807, 2.05) is 48.5 Å². The number of aliphatic imine (C=N–C) groups is 2. The molecule has 0 fully saturated rings. The first-order chi connectivity index (χ1) is 23.0. The van der Waals surface area contributed by atoms with Crippen LogP contribution in [0, 0.1) is 0 Å². The molecule has 2 heterocycles. The predicted octanol–water partition coefficient (Wildman–Crippen LogP) is 6.71. The van der Waals surface area contributed by atoms with E-state index in [1.54, 1.807) is 42.7 Å². The Labute approximate surface area is 275 Å². The van der Waals surface area contributed by atoms with Gasteiger partial charge in [-0.3, -0.25) is 9.98 Å². The highest BCUT2D eigenvalue weighted by atomic mass is 16.5. The van der Waals surface area contributed by atoms with Gasteiger partial charge in [-0.15, -0.1) is 0 Å². The lowest BCUT2D eigenvalue weighted by Gasteiger charge is -2.21. The van der Waals surface area contributed by atoms with Crippen LogP contribution in [0.3, 0.4) is 0 Å². The number of rotatable bonds is 12. The van der Waals surface area contributed by atoms with Gasteiger partial charge in [0.15, 0.2) is 46.0 Å². The van der Waals surface area contributed by atoms with Crippen molar-refractivity contribution in [2.75, 3.05) is 55.7 Å². The number of hydrogen-bond acceptors (Lipinski definition) is 9. The second-order valence-corrected chi connectivity index (χ2v) is 11.3. The number of methoxy groups -OCH3 is 6. The zero-order chi connectivity index (χ0) is 32.9. The number of nitrogens with zero attached hydrogens (tertiary/aromatic N) is 2. The lowest BCUT2D eigenvalue weighted by Crippen LogP contribution is -2.16. The van der Waals surface area contributed by atoms with Gasteiger partial charge in [0.25, 0.3) is 0 Å². The van der Waals surface area contributed by atoms with Crippen molar-refractivity contribution in [1.29, 1.82) is 0 Å². The molecule has 0 bridgehead atoms. The summed E-state index contributed by atoms with van der Waals surface area (Å²) in [7, 11) is 9.89. The molecule has 0 unspecified atom stereocenters. The molecule has 0 saturated carbocycles. The van der Waals surface area contributed by atoms with E-state index in [0.717, 1.165) is 71.1 Å². The van der Waals surface area contributed by atoms with Crippen LogP contribution in [0.2, 0.25) is 0 Å². The van der Waals surface area contributed by atoms with Crippen LogP contribution < -0.4 is 33.2 Å². The van der Waals surface area contributed by atoms with Gasteiger partial charge in [0.1, 0.15) is 0 Å². The van der Waals surface area contributed by atoms with Crippen molar-refractivity contribution in [3.63, 3.8) is 0 Å². The van der Waals surface area contributed by atoms with Gasteiger partial charge in [0.2, 0.25) is 0 Å². The highest BCUT2D eigenvalue weighted by molar-refractivity contribution is 6.05. The van der Waals surface area contributed by atoms with Crippen LogP contribution in [0.15, 0.2) is 70.6 Å². The predicted molar refractivity (Wildman–Crippen MR) is 183 cm³/mol. The minimum Gasteiger partial charge on any atom is -0.493 e. The molecule has 0 aliphatic carbocycles. The van der Waals surface area contributed by atoms with E-state index in [2.05, 4.69) is 12.1 Å². The number of hydrogen-bond donors (Lipinski definition) is 0. The molecule has 9 nitrogen and oxygen atoms in total. The van der Waals surface area contributed by atoms with Gasteiger partial charge in [0, 0.05) is 48.5 Å². The van der Waals surface area contributed by atoms with Gasteiger partial charge in [0.05, 0.1) is 42.7 Å². The average Bonchev–Trinajstić information content (AvgIpc) is 3.11. The van der Waals surface area contributed by atoms with E-state index in [-0.39, 0.29) is 0 Å². The zero-order valence-corrected chi connectivity index (χ0v) is 27.8. The molecule has 9 heteroatoms. The average molecular weight is 637 g/mol. The van der Waals surface area contributed by atoms with Crippen molar-refractivity contribution >= 4 is 11.4 Å². The molecule has 0 saturated heterocycles. The summed E-state index contributed by atoms with van der Waals surface area (Å²) >= 11 is 0. The fraction of sp³-hybridized carbons (Fsp3) is 0.316. The van der Waals surface area contributed by atoms with Crippen LogP contribution in [-0.4, -0.2) is 67.2 Å². The summed E-state index contributed by atoms with van der Waals surface area (Å²) in [4.78, 5) is 9.74. The Hall–Kier alpha value is -5.18. The maximum atomic E-state index is 6.46. The fourth-order valence-corrected chi connectivity index (χ4v) is 6.21. The normalized spacial score (nSPS) is 13.4. The Bertz CT molecular complexity index is 1850. The first-order valence-corrected chi connectivity index (χ1v) is 15.6. The van der Waals surface area contributed by atoms with Gasteiger partial charge in [-0.1, -0.05) is 12.1 Å². The maximum Gasteiger partial charge on any atom is 0.169 e. The summed E-state index contributed by atoms with van der Waals surface area (Å²) in [5.74, 6) is 5.25. The lowest BCUT2D eigenvalue weighted by molar-refractivity contribution is 0.354. The SMILES string of the molecule is COc1cc2c(cc1OC)C(Cc1ccc(Oc3cc(CC4=NCCc5cc(OC)c(OC)cc54)ccc3OC)c(OC)c1)=NCC2. The molecule has 0 amide bonds. The third-order valence-corrected chi connectivity index (χ3v) is 8.63. The third-order valence-electron chi connectivity index (χ3n) is 8.63. The van der Waals surface area contributed by atoms with Crippen molar-refractivity contribution < 1.29 is 33.2 Å². The molecule has 2 aliphatic heterocycles. The van der Waals surface area contributed by atoms with Gasteiger partial charge in [-0.25, -0.2) is 0 Å². The molecule has 4 aromatic carbocycles. The molecule has 0 N–H and O–H groups in total. The summed E-state index contributed by atoms with van der Waals surface area (Å²) in [6.07, 6.45) is 2.98. The van der Waals surface area contributed by atoms with Gasteiger partial charge < -0.3 is 33.2 Å². The van der Waals surface area contributed by atoms with Crippen LogP contribution >= 0.6 is 0 Å². The lowest BCUT2D eigenvalue weighted by atomic mass is 9.93. The highest BCUT2D eigenvalue weighted by Gasteiger charge is 2.22. The molecule has 0 radical (unpaired) electrons. The molecule has 2 aliphatic rings. The largest absolute Gasteiger partial charge is 0.493 e. The second kappa shape index (κ2) is 14.1. The molecule has 0 aromatic heterocycles. The summed E-state index contributed by atoms with van der Waals surface area (Å²) in [6.45, 7) is 1.45. The van der Waals surface area contributed by atoms with Crippen molar-refractivity contribution in [1.82, 2.24) is 0 Å². The Morgan fingerprint density at radius 1 is 0.447 bits per heavy atom. The van der Waals surface area contributed by atoms with Crippen LogP contribution in [0.5, 0.6) is 46.0 Å². The summed E-state index contributed by atoms with van der Waals surface area (Å²) in [5, 5.41) is 0. The molecular weight excluding hydrogens is 596 g/mol. The van der Waals surface area contributed by atoms with Gasteiger partial charge >= 0.3 is 0 Å². The zero-order valence-electron chi connectivity index (χ0n) is 27.8. The minimum atomic E-state index is 0.585. The standard InChI is InChI=1S/C38H40N2O7/c1-41-31-9-7-24(16-30-28-22-37(46-6)35(44-4)20-26(28)12-14-40-30)18-38(31)47-32-10-8-23(17-33(32)42-2)15-29-27-21-36(45-5)34(43-3)19-25(27)11-13-39-29/h7-10,17-22H,11-16H2,1-6H3. The van der Waals surface area contributed by atoms with Crippen molar-refractivity contribution in [3.05, 3.63) is 94.0 Å². The van der Waals surface area contributed by atoms with Crippen LogP contribution in [0.1, 0.15) is 33.4 Å². The number of ether oxygens (including phenoxy) is 7. The van der Waals surface area contributed by atoms with E-state index < -0.39 is 0 Å². The number of benzene rings is 4. The van der Waals surface area contributed by atoms with Gasteiger partial charge in [-0.05, 0) is 83.6 Å². The molecule has 244 valence electrons. The first kappa shape index (κ1) is 31.8. The third kappa shape index (κ3) is 6.56. The second-order valence-electron chi connectivity index (χ2n) is 11.3. The Kier molecular flexibility index (Phi) is 9.52. The quantitative estimate of drug-likeness (QED) is 0.171. The smallest absolute Gasteiger partial charge is 0.169 e. The van der Waals surface area contributed by atoms with E-state index in [4.69, 9.17) is 43.1 Å². The Balaban J connectivity index is 1.24. The van der Waals surface area contributed by atoms with Crippen LogP contribution in [0.25, 0.3) is 0 Å². The molecular formula is C38H40N2O7. The summed E-state index contributed by atoms with van der Waals surface area (Å²) in [5.41, 5.74) is 8.65. The molecule has 4 aromatic rings. The van der Waals surface area contributed by atoms with Crippen LogP contribution in [-0.2, 0) is 25.7 Å². The molecule has 47 heavy (non-hydrogen) atoms. The summed E-state index contributed by atoms with van der Waals surface area (Å²) in [6, 6.07) is 20.1. The van der Waals surface area contributed by atoms with Crippen molar-refractivity contribution in [2.45, 2.75) is 25.7 Å².